The van der Waals surface area contributed by atoms with Crippen LogP contribution in [-0.4, -0.2) is 29.2 Å². The maximum absolute atomic E-state index is 12.1. The topological polar surface area (TPSA) is 127 Å². The van der Waals surface area contributed by atoms with Crippen LogP contribution in [0.25, 0.3) is 0 Å². The average molecular weight is 422 g/mol. The SMILES string of the molecule is Cn1cc(S(N)(=O)=O)c(NC(=O)c2ccc(I)c(O)c2)n1. The number of carbonyl (C=O) groups is 1. The van der Waals surface area contributed by atoms with E-state index in [0.29, 0.717) is 3.57 Å². The second kappa shape index (κ2) is 5.61. The normalized spacial score (nSPS) is 11.4. The Labute approximate surface area is 134 Å². The van der Waals surface area contributed by atoms with Crippen LogP contribution in [0.2, 0.25) is 0 Å². The molecule has 2 rings (SSSR count). The van der Waals surface area contributed by atoms with Gasteiger partial charge in [0.2, 0.25) is 10.0 Å². The van der Waals surface area contributed by atoms with Gasteiger partial charge in [0.15, 0.2) is 5.82 Å². The van der Waals surface area contributed by atoms with E-state index in [0.717, 1.165) is 0 Å². The van der Waals surface area contributed by atoms with Gasteiger partial charge in [0.05, 0.1) is 3.57 Å². The highest BCUT2D eigenvalue weighted by atomic mass is 127. The summed E-state index contributed by atoms with van der Waals surface area (Å²) < 4.78 is 24.6. The maximum Gasteiger partial charge on any atom is 0.257 e. The lowest BCUT2D eigenvalue weighted by Crippen LogP contribution is -2.17. The highest BCUT2D eigenvalue weighted by molar-refractivity contribution is 14.1. The third-order valence-electron chi connectivity index (χ3n) is 2.54. The van der Waals surface area contributed by atoms with E-state index in [2.05, 4.69) is 10.4 Å². The number of benzene rings is 1. The van der Waals surface area contributed by atoms with Gasteiger partial charge in [-0.2, -0.15) is 5.10 Å². The van der Waals surface area contributed by atoms with Crippen molar-refractivity contribution in [3.63, 3.8) is 0 Å². The number of nitrogens with two attached hydrogens (primary N) is 1. The molecule has 1 amide bonds. The van der Waals surface area contributed by atoms with E-state index in [1.165, 1.54) is 30.1 Å². The molecule has 2 aromatic rings. The maximum atomic E-state index is 12.1. The summed E-state index contributed by atoms with van der Waals surface area (Å²) in [6, 6.07) is 4.33. The van der Waals surface area contributed by atoms with Crippen molar-refractivity contribution >= 4 is 44.3 Å². The summed E-state index contributed by atoms with van der Waals surface area (Å²) in [5.41, 5.74) is 0.166. The number of halogens is 1. The van der Waals surface area contributed by atoms with Gasteiger partial charge in [-0.25, -0.2) is 13.6 Å². The fraction of sp³-hybridized carbons (Fsp3) is 0.0909. The minimum atomic E-state index is -4.00. The van der Waals surface area contributed by atoms with Crippen molar-refractivity contribution in [1.29, 1.82) is 0 Å². The third-order valence-corrected chi connectivity index (χ3v) is 4.37. The van der Waals surface area contributed by atoms with Crippen molar-refractivity contribution in [3.05, 3.63) is 33.5 Å². The monoisotopic (exact) mass is 422 g/mol. The highest BCUT2D eigenvalue weighted by Gasteiger charge is 2.20. The van der Waals surface area contributed by atoms with Crippen LogP contribution in [-0.2, 0) is 17.1 Å². The molecule has 1 aromatic carbocycles. The predicted molar refractivity (Wildman–Crippen MR) is 83.4 cm³/mol. The quantitative estimate of drug-likeness (QED) is 0.626. The first-order valence-corrected chi connectivity index (χ1v) is 8.17. The van der Waals surface area contributed by atoms with Crippen molar-refractivity contribution in [2.24, 2.45) is 12.2 Å². The van der Waals surface area contributed by atoms with Crippen molar-refractivity contribution in [2.75, 3.05) is 5.32 Å². The number of hydrogen-bond acceptors (Lipinski definition) is 5. The number of sulfonamides is 1. The molecule has 112 valence electrons. The number of carbonyl (C=O) groups excluding carboxylic acids is 1. The van der Waals surface area contributed by atoms with E-state index in [9.17, 15) is 18.3 Å². The minimum absolute atomic E-state index is 0.0454. The number of anilines is 1. The summed E-state index contributed by atoms with van der Waals surface area (Å²) in [5.74, 6) is -0.815. The van der Waals surface area contributed by atoms with Gasteiger partial charge in [-0.05, 0) is 40.8 Å². The van der Waals surface area contributed by atoms with E-state index in [1.807, 2.05) is 22.6 Å². The Morgan fingerprint density at radius 2 is 2.14 bits per heavy atom. The molecule has 1 heterocycles. The van der Waals surface area contributed by atoms with Gasteiger partial charge >= 0.3 is 0 Å². The summed E-state index contributed by atoms with van der Waals surface area (Å²) in [5, 5.41) is 20.8. The number of primary sulfonamides is 1. The molecule has 0 saturated carbocycles. The number of hydrogen-bond donors (Lipinski definition) is 3. The van der Waals surface area contributed by atoms with Crippen LogP contribution < -0.4 is 10.5 Å². The van der Waals surface area contributed by atoms with Crippen LogP contribution in [0.3, 0.4) is 0 Å². The molecule has 0 aliphatic heterocycles. The lowest BCUT2D eigenvalue weighted by Gasteiger charge is -2.05. The molecule has 1 aromatic heterocycles. The second-order valence-corrected chi connectivity index (χ2v) is 6.87. The first-order valence-electron chi connectivity index (χ1n) is 5.55. The molecule has 0 spiro atoms. The van der Waals surface area contributed by atoms with Crippen LogP contribution in [0, 0.1) is 3.57 Å². The van der Waals surface area contributed by atoms with Gasteiger partial charge in [-0.15, -0.1) is 0 Å². The Hall–Kier alpha value is -1.66. The van der Waals surface area contributed by atoms with Crippen LogP contribution >= 0.6 is 22.6 Å². The summed E-state index contributed by atoms with van der Waals surface area (Å²) in [7, 11) is -2.50. The number of phenolic OH excluding ortho intramolecular Hbond substituents is 1. The number of aromatic nitrogens is 2. The van der Waals surface area contributed by atoms with Gasteiger partial charge in [0, 0.05) is 18.8 Å². The van der Waals surface area contributed by atoms with E-state index in [4.69, 9.17) is 5.14 Å². The lowest BCUT2D eigenvalue weighted by molar-refractivity contribution is 0.102. The Kier molecular flexibility index (Phi) is 4.20. The Balaban J connectivity index is 2.34. The highest BCUT2D eigenvalue weighted by Crippen LogP contribution is 2.22. The standard InChI is InChI=1S/C11H11IN4O4S/c1-16-5-9(21(13,19)20)10(15-16)14-11(18)6-2-3-7(12)8(17)4-6/h2-5,17H,1H3,(H2,13,19,20)(H,14,15,18). The molecule has 0 aliphatic carbocycles. The van der Waals surface area contributed by atoms with E-state index in [1.54, 1.807) is 6.07 Å². The van der Waals surface area contributed by atoms with Crippen LogP contribution in [0.4, 0.5) is 5.82 Å². The molecule has 21 heavy (non-hydrogen) atoms. The molecule has 10 heteroatoms. The van der Waals surface area contributed by atoms with Gasteiger partial charge < -0.3 is 10.4 Å². The van der Waals surface area contributed by atoms with Crippen molar-refractivity contribution in [3.8, 4) is 5.75 Å². The zero-order chi connectivity index (χ0) is 15.8. The summed E-state index contributed by atoms with van der Waals surface area (Å²) in [4.78, 5) is 11.8. The molecule has 0 fully saturated rings. The molecule has 0 radical (unpaired) electrons. The zero-order valence-electron chi connectivity index (χ0n) is 10.7. The van der Waals surface area contributed by atoms with E-state index >= 15 is 0 Å². The molecule has 0 aliphatic rings. The molecule has 0 saturated heterocycles. The molecule has 0 bridgehead atoms. The summed E-state index contributed by atoms with van der Waals surface area (Å²) >= 11 is 1.91. The van der Waals surface area contributed by atoms with Crippen LogP contribution in [0.5, 0.6) is 5.75 Å². The fourth-order valence-electron chi connectivity index (χ4n) is 1.60. The summed E-state index contributed by atoms with van der Waals surface area (Å²) in [6.07, 6.45) is 1.19. The first-order chi connectivity index (χ1) is 9.68. The predicted octanol–water partition coefficient (Wildman–Crippen LogP) is 0.630. The van der Waals surface area contributed by atoms with E-state index < -0.39 is 15.9 Å². The second-order valence-electron chi connectivity index (χ2n) is 4.18. The number of amides is 1. The van der Waals surface area contributed by atoms with E-state index in [-0.39, 0.29) is 22.0 Å². The first kappa shape index (κ1) is 15.7. The van der Waals surface area contributed by atoms with Crippen LogP contribution in [0.15, 0.2) is 29.3 Å². The fourth-order valence-corrected chi connectivity index (χ4v) is 2.59. The van der Waals surface area contributed by atoms with Crippen molar-refractivity contribution in [1.82, 2.24) is 9.78 Å². The number of rotatable bonds is 3. The zero-order valence-corrected chi connectivity index (χ0v) is 13.7. The lowest BCUT2D eigenvalue weighted by atomic mass is 10.2. The van der Waals surface area contributed by atoms with Gasteiger partial charge in [0.1, 0.15) is 10.6 Å². The Bertz CT molecular complexity index is 816. The number of nitrogens with zero attached hydrogens (tertiary/aromatic N) is 2. The molecule has 0 atom stereocenters. The van der Waals surface area contributed by atoms with Gasteiger partial charge in [-0.1, -0.05) is 0 Å². The molecule has 8 nitrogen and oxygen atoms in total. The van der Waals surface area contributed by atoms with Crippen LogP contribution in [0.1, 0.15) is 10.4 Å². The minimum Gasteiger partial charge on any atom is -0.507 e. The van der Waals surface area contributed by atoms with Crippen molar-refractivity contribution < 1.29 is 18.3 Å². The summed E-state index contributed by atoms with van der Waals surface area (Å²) in [6.45, 7) is 0. The van der Waals surface area contributed by atoms with Gasteiger partial charge in [0.25, 0.3) is 5.91 Å². The number of nitrogens with one attached hydrogen (secondary N) is 1. The number of aryl methyl sites for hydroxylation is 1. The molecular weight excluding hydrogens is 411 g/mol. The largest absolute Gasteiger partial charge is 0.507 e. The third kappa shape index (κ3) is 3.51. The van der Waals surface area contributed by atoms with Crippen molar-refractivity contribution in [2.45, 2.75) is 4.90 Å². The molecule has 0 unspecified atom stereocenters. The Morgan fingerprint density at radius 3 is 2.71 bits per heavy atom. The number of phenols is 1. The Morgan fingerprint density at radius 1 is 1.48 bits per heavy atom. The molecule has 4 N–H and O–H groups in total. The smallest absolute Gasteiger partial charge is 0.257 e. The molecular formula is C11H11IN4O4S. The average Bonchev–Trinajstić information content (AvgIpc) is 2.73. The van der Waals surface area contributed by atoms with Gasteiger partial charge in [-0.3, -0.25) is 9.48 Å². The number of aromatic hydroxyl groups is 1.